The minimum absolute atomic E-state index is 0.355. The molecule has 1 amide bonds. The van der Waals surface area contributed by atoms with Crippen LogP contribution in [0.3, 0.4) is 0 Å². The van der Waals surface area contributed by atoms with Crippen LogP contribution in [0.25, 0.3) is 28.0 Å². The Morgan fingerprint density at radius 2 is 1.81 bits per heavy atom. The van der Waals surface area contributed by atoms with E-state index in [4.69, 9.17) is 14.5 Å². The van der Waals surface area contributed by atoms with Crippen LogP contribution in [-0.2, 0) is 16.0 Å². The Kier molecular flexibility index (Phi) is 7.60. The summed E-state index contributed by atoms with van der Waals surface area (Å²) in [4.78, 5) is 25.9. The molecule has 0 radical (unpaired) electrons. The topological polar surface area (TPSA) is 103 Å². The Balaban J connectivity index is 1.42. The van der Waals surface area contributed by atoms with Crippen molar-refractivity contribution >= 4 is 22.8 Å². The predicted octanol–water partition coefficient (Wildman–Crippen LogP) is 4.70. The zero-order valence-electron chi connectivity index (χ0n) is 24.1. The van der Waals surface area contributed by atoms with Gasteiger partial charge in [-0.15, -0.1) is 0 Å². The molecule has 5 rings (SSSR count). The third kappa shape index (κ3) is 6.64. The quantitative estimate of drug-likeness (QED) is 0.332. The number of carbonyl (C=O) groups is 1. The highest BCUT2D eigenvalue weighted by Crippen LogP contribution is 2.27. The van der Waals surface area contributed by atoms with Gasteiger partial charge in [0, 0.05) is 50.1 Å². The van der Waals surface area contributed by atoms with E-state index in [1.165, 1.54) is 12.4 Å². The highest BCUT2D eigenvalue weighted by atomic mass is 19.4. The lowest BCUT2D eigenvalue weighted by atomic mass is 10.1. The molecule has 0 bridgehead atoms. The second-order valence-electron chi connectivity index (χ2n) is 11.6. The standard InChI is InChI=1S/C28H33F3N8O3/c1-26(2,3)42-25(40)37-10-9-36(16-27(4,17-37)41-5)23-7-6-8-24(35-23)39-22-11-21(32-12-19(22)13-34-39)20-14-33-38(15-20)18-28(29,30)31/h6-8,11-15H,9-10,16-18H2,1-5H3/t27-/m1/s1. The van der Waals surface area contributed by atoms with E-state index in [1.807, 2.05) is 45.9 Å². The summed E-state index contributed by atoms with van der Waals surface area (Å²) in [5.41, 5.74) is 0.295. The van der Waals surface area contributed by atoms with Gasteiger partial charge in [-0.25, -0.2) is 14.5 Å². The minimum atomic E-state index is -4.38. The third-order valence-corrected chi connectivity index (χ3v) is 6.82. The van der Waals surface area contributed by atoms with Crippen LogP contribution in [0, 0.1) is 0 Å². The number of alkyl halides is 3. The summed E-state index contributed by atoms with van der Waals surface area (Å²) in [5, 5.41) is 9.07. The van der Waals surface area contributed by atoms with Crippen molar-refractivity contribution in [2.75, 3.05) is 38.2 Å². The summed E-state index contributed by atoms with van der Waals surface area (Å²) in [6.07, 6.45) is 1.16. The number of nitrogens with zero attached hydrogens (tertiary/aromatic N) is 8. The Morgan fingerprint density at radius 3 is 2.52 bits per heavy atom. The number of hydrogen-bond donors (Lipinski definition) is 0. The fourth-order valence-electron chi connectivity index (χ4n) is 4.80. The summed E-state index contributed by atoms with van der Waals surface area (Å²) in [6, 6.07) is 7.32. The Labute approximate surface area is 240 Å². The van der Waals surface area contributed by atoms with Crippen LogP contribution in [0.15, 0.2) is 49.1 Å². The van der Waals surface area contributed by atoms with E-state index in [9.17, 15) is 18.0 Å². The van der Waals surface area contributed by atoms with E-state index in [2.05, 4.69) is 20.1 Å². The van der Waals surface area contributed by atoms with Crippen LogP contribution >= 0.6 is 0 Å². The number of ether oxygens (including phenoxy) is 2. The van der Waals surface area contributed by atoms with E-state index >= 15 is 0 Å². The molecule has 0 saturated carbocycles. The zero-order chi connectivity index (χ0) is 30.3. The van der Waals surface area contributed by atoms with E-state index in [-0.39, 0.29) is 0 Å². The molecule has 0 aromatic carbocycles. The lowest BCUT2D eigenvalue weighted by Gasteiger charge is -2.34. The molecular formula is C28H33F3N8O3. The first-order valence-corrected chi connectivity index (χ1v) is 13.4. The van der Waals surface area contributed by atoms with Crippen molar-refractivity contribution in [3.8, 4) is 17.1 Å². The van der Waals surface area contributed by atoms with Gasteiger partial charge >= 0.3 is 12.3 Å². The fraction of sp³-hybridized carbons (Fsp3) is 0.464. The third-order valence-electron chi connectivity index (χ3n) is 6.82. The molecule has 1 saturated heterocycles. The second kappa shape index (κ2) is 10.9. The number of methoxy groups -OCH3 is 1. The molecule has 42 heavy (non-hydrogen) atoms. The summed E-state index contributed by atoms with van der Waals surface area (Å²) >= 11 is 0. The van der Waals surface area contributed by atoms with Gasteiger partial charge in [-0.1, -0.05) is 6.07 Å². The van der Waals surface area contributed by atoms with Crippen LogP contribution in [0.1, 0.15) is 27.7 Å². The van der Waals surface area contributed by atoms with Gasteiger partial charge in [0.05, 0.1) is 30.1 Å². The van der Waals surface area contributed by atoms with Crippen molar-refractivity contribution in [2.24, 2.45) is 0 Å². The van der Waals surface area contributed by atoms with Gasteiger partial charge in [0.15, 0.2) is 5.82 Å². The number of aromatic nitrogens is 6. The van der Waals surface area contributed by atoms with E-state index in [0.717, 1.165) is 10.1 Å². The van der Waals surface area contributed by atoms with Gasteiger partial charge in [0.25, 0.3) is 0 Å². The number of fused-ring (bicyclic) bond motifs is 1. The van der Waals surface area contributed by atoms with E-state index < -0.39 is 30.0 Å². The van der Waals surface area contributed by atoms with Crippen molar-refractivity contribution in [2.45, 2.75) is 51.6 Å². The number of hydrogen-bond acceptors (Lipinski definition) is 8. The number of carbonyl (C=O) groups excluding carboxylic acids is 1. The minimum Gasteiger partial charge on any atom is -0.444 e. The lowest BCUT2D eigenvalue weighted by Crippen LogP contribution is -2.48. The monoisotopic (exact) mass is 586 g/mol. The number of halogens is 3. The fourth-order valence-corrected chi connectivity index (χ4v) is 4.80. The Hall–Kier alpha value is -4.20. The van der Waals surface area contributed by atoms with Crippen molar-refractivity contribution in [1.29, 1.82) is 0 Å². The summed E-state index contributed by atoms with van der Waals surface area (Å²) in [7, 11) is 1.62. The molecule has 0 aliphatic carbocycles. The molecule has 11 nitrogen and oxygen atoms in total. The van der Waals surface area contributed by atoms with E-state index in [1.54, 1.807) is 35.2 Å². The maximum absolute atomic E-state index is 12.9. The molecule has 0 N–H and O–H groups in total. The van der Waals surface area contributed by atoms with Crippen LogP contribution in [0.4, 0.5) is 23.8 Å². The van der Waals surface area contributed by atoms with Crippen molar-refractivity contribution in [3.05, 3.63) is 49.1 Å². The lowest BCUT2D eigenvalue weighted by molar-refractivity contribution is -0.142. The molecule has 1 fully saturated rings. The molecule has 1 aliphatic heterocycles. The first-order chi connectivity index (χ1) is 19.7. The van der Waals surface area contributed by atoms with Gasteiger partial charge in [-0.2, -0.15) is 23.4 Å². The van der Waals surface area contributed by atoms with Crippen molar-refractivity contribution < 1.29 is 27.4 Å². The average molecular weight is 587 g/mol. The Morgan fingerprint density at radius 1 is 1.05 bits per heavy atom. The Bertz CT molecular complexity index is 1580. The summed E-state index contributed by atoms with van der Waals surface area (Å²) < 4.78 is 52.3. The van der Waals surface area contributed by atoms with Crippen LogP contribution in [-0.4, -0.2) is 91.2 Å². The first-order valence-electron chi connectivity index (χ1n) is 13.4. The van der Waals surface area contributed by atoms with Gasteiger partial charge in [0.2, 0.25) is 0 Å². The molecule has 5 heterocycles. The van der Waals surface area contributed by atoms with E-state index in [0.29, 0.717) is 54.6 Å². The van der Waals surface area contributed by atoms with Gasteiger partial charge in [-0.3, -0.25) is 9.67 Å². The molecule has 224 valence electrons. The number of anilines is 1. The molecular weight excluding hydrogens is 553 g/mol. The molecule has 14 heteroatoms. The summed E-state index contributed by atoms with van der Waals surface area (Å²) in [5.74, 6) is 1.22. The van der Waals surface area contributed by atoms with Crippen LogP contribution < -0.4 is 4.90 Å². The molecule has 4 aromatic rings. The number of rotatable bonds is 5. The molecule has 0 unspecified atom stereocenters. The van der Waals surface area contributed by atoms with Gasteiger partial charge in [0.1, 0.15) is 23.6 Å². The SMILES string of the molecule is CO[C@@]1(C)CN(C(=O)OC(C)(C)C)CCN(c2cccc(-n3ncc4cnc(-c5cnn(CC(F)(F)F)c5)cc43)n2)C1. The second-order valence-corrected chi connectivity index (χ2v) is 11.6. The van der Waals surface area contributed by atoms with Crippen LogP contribution in [0.5, 0.6) is 0 Å². The predicted molar refractivity (Wildman–Crippen MR) is 149 cm³/mol. The molecule has 0 spiro atoms. The molecule has 4 aromatic heterocycles. The average Bonchev–Trinajstić information content (AvgIpc) is 3.50. The van der Waals surface area contributed by atoms with Crippen molar-refractivity contribution in [1.82, 2.24) is 34.4 Å². The number of pyridine rings is 2. The summed E-state index contributed by atoms with van der Waals surface area (Å²) in [6.45, 7) is 8.02. The smallest absolute Gasteiger partial charge is 0.410 e. The maximum Gasteiger partial charge on any atom is 0.410 e. The van der Waals surface area contributed by atoms with Crippen LogP contribution in [0.2, 0.25) is 0 Å². The molecule has 1 aliphatic rings. The maximum atomic E-state index is 12.9. The van der Waals surface area contributed by atoms with Gasteiger partial charge < -0.3 is 19.3 Å². The largest absolute Gasteiger partial charge is 0.444 e. The molecule has 1 atom stereocenters. The zero-order valence-corrected chi connectivity index (χ0v) is 24.1. The van der Waals surface area contributed by atoms with Gasteiger partial charge in [-0.05, 0) is 45.9 Å². The highest BCUT2D eigenvalue weighted by molar-refractivity contribution is 5.83. The first kappa shape index (κ1) is 29.3. The van der Waals surface area contributed by atoms with Crippen molar-refractivity contribution in [3.63, 3.8) is 0 Å². The normalized spacial score (nSPS) is 18.4. The highest BCUT2D eigenvalue weighted by Gasteiger charge is 2.37. The number of amides is 1.